The van der Waals surface area contributed by atoms with Crippen molar-refractivity contribution >= 4 is 5.97 Å². The zero-order valence-electron chi connectivity index (χ0n) is 12.2. The van der Waals surface area contributed by atoms with Crippen LogP contribution in [0.3, 0.4) is 0 Å². The lowest BCUT2D eigenvalue weighted by atomic mass is 9.99. The van der Waals surface area contributed by atoms with Crippen LogP contribution in [0.15, 0.2) is 24.3 Å². The van der Waals surface area contributed by atoms with E-state index in [9.17, 15) is 4.79 Å². The van der Waals surface area contributed by atoms with E-state index in [2.05, 4.69) is 5.32 Å². The van der Waals surface area contributed by atoms with E-state index in [4.69, 9.17) is 9.47 Å². The van der Waals surface area contributed by atoms with Crippen molar-refractivity contribution in [2.24, 2.45) is 0 Å². The van der Waals surface area contributed by atoms with Gasteiger partial charge in [0.05, 0.1) is 13.2 Å². The van der Waals surface area contributed by atoms with Crippen molar-refractivity contribution in [3.8, 4) is 5.75 Å². The molecule has 1 rings (SSSR count). The summed E-state index contributed by atoms with van der Waals surface area (Å²) < 4.78 is 10.7. The number of rotatable bonds is 7. The number of nitrogens with one attached hydrogen (secondary N) is 1. The number of likely N-dealkylation sites (N-methyl/N-ethyl adjacent to an activating group) is 1. The van der Waals surface area contributed by atoms with Gasteiger partial charge in [-0.1, -0.05) is 12.1 Å². The van der Waals surface area contributed by atoms with Crippen molar-refractivity contribution in [2.75, 3.05) is 20.3 Å². The van der Waals surface area contributed by atoms with Gasteiger partial charge in [-0.05, 0) is 45.5 Å². The second-order valence-electron chi connectivity index (χ2n) is 4.72. The third-order valence-corrected chi connectivity index (χ3v) is 3.14. The fourth-order valence-electron chi connectivity index (χ4n) is 1.70. The molecule has 0 aliphatic carbocycles. The van der Waals surface area contributed by atoms with E-state index in [1.54, 1.807) is 14.0 Å². The van der Waals surface area contributed by atoms with Gasteiger partial charge in [-0.2, -0.15) is 0 Å². The largest absolute Gasteiger partial charge is 0.493 e. The highest BCUT2D eigenvalue weighted by Gasteiger charge is 2.32. The minimum absolute atomic E-state index is 0.245. The van der Waals surface area contributed by atoms with E-state index in [1.807, 2.05) is 38.1 Å². The summed E-state index contributed by atoms with van der Waals surface area (Å²) in [6, 6.07) is 7.85. The Balaban J connectivity index is 2.52. The van der Waals surface area contributed by atoms with Crippen LogP contribution in [0.1, 0.15) is 25.8 Å². The van der Waals surface area contributed by atoms with Crippen LogP contribution < -0.4 is 10.1 Å². The third-order valence-electron chi connectivity index (χ3n) is 3.14. The number of carbonyl (C=O) groups excluding carboxylic acids is 1. The standard InChI is InChI=1S/C15H23NO3/c1-5-18-14(17)15(3,16-4)9-10-19-13-8-6-7-12(2)11-13/h6-8,11,16H,5,9-10H2,1-4H3. The van der Waals surface area contributed by atoms with Crippen LogP contribution in [0.25, 0.3) is 0 Å². The van der Waals surface area contributed by atoms with E-state index in [1.165, 1.54) is 0 Å². The number of ether oxygens (including phenoxy) is 2. The summed E-state index contributed by atoms with van der Waals surface area (Å²) in [4.78, 5) is 11.9. The first kappa shape index (κ1) is 15.5. The molecule has 19 heavy (non-hydrogen) atoms. The second kappa shape index (κ2) is 7.14. The molecule has 0 saturated carbocycles. The summed E-state index contributed by atoms with van der Waals surface area (Å²) in [6.07, 6.45) is 0.552. The van der Waals surface area contributed by atoms with Gasteiger partial charge in [-0.3, -0.25) is 4.79 Å². The molecule has 1 aromatic carbocycles. The maximum absolute atomic E-state index is 11.9. The van der Waals surface area contributed by atoms with Gasteiger partial charge in [-0.25, -0.2) is 0 Å². The first-order valence-electron chi connectivity index (χ1n) is 6.57. The van der Waals surface area contributed by atoms with Crippen molar-refractivity contribution in [1.82, 2.24) is 5.32 Å². The van der Waals surface area contributed by atoms with Crippen molar-refractivity contribution in [3.05, 3.63) is 29.8 Å². The molecule has 1 aromatic rings. The maximum atomic E-state index is 11.9. The first-order chi connectivity index (χ1) is 9.01. The van der Waals surface area contributed by atoms with Crippen LogP contribution >= 0.6 is 0 Å². The molecular formula is C15H23NO3. The zero-order valence-corrected chi connectivity index (χ0v) is 12.2. The van der Waals surface area contributed by atoms with Crippen LogP contribution in [0.5, 0.6) is 5.75 Å². The third kappa shape index (κ3) is 4.56. The van der Waals surface area contributed by atoms with E-state index >= 15 is 0 Å². The predicted molar refractivity (Wildman–Crippen MR) is 75.4 cm³/mol. The smallest absolute Gasteiger partial charge is 0.326 e. The van der Waals surface area contributed by atoms with Gasteiger partial charge < -0.3 is 14.8 Å². The first-order valence-corrected chi connectivity index (χ1v) is 6.57. The minimum Gasteiger partial charge on any atom is -0.493 e. The van der Waals surface area contributed by atoms with Gasteiger partial charge in [0.15, 0.2) is 0 Å². The van der Waals surface area contributed by atoms with Gasteiger partial charge in [0.25, 0.3) is 0 Å². The summed E-state index contributed by atoms with van der Waals surface area (Å²) in [7, 11) is 1.75. The van der Waals surface area contributed by atoms with Crippen molar-refractivity contribution in [2.45, 2.75) is 32.7 Å². The molecule has 1 N–H and O–H groups in total. The number of hydrogen-bond donors (Lipinski definition) is 1. The Kier molecular flexibility index (Phi) is 5.83. The highest BCUT2D eigenvalue weighted by Crippen LogP contribution is 2.16. The van der Waals surface area contributed by atoms with Crippen molar-refractivity contribution < 1.29 is 14.3 Å². The molecule has 0 spiro atoms. The maximum Gasteiger partial charge on any atom is 0.326 e. The molecule has 0 bridgehead atoms. The molecule has 106 valence electrons. The molecule has 1 atom stereocenters. The molecule has 0 aliphatic rings. The van der Waals surface area contributed by atoms with Crippen LogP contribution in [0.2, 0.25) is 0 Å². The molecule has 4 heteroatoms. The Labute approximate surface area is 115 Å². The van der Waals surface area contributed by atoms with Gasteiger partial charge in [0.1, 0.15) is 11.3 Å². The predicted octanol–water partition coefficient (Wildman–Crippen LogP) is 2.31. The van der Waals surface area contributed by atoms with Gasteiger partial charge in [0.2, 0.25) is 0 Å². The monoisotopic (exact) mass is 265 g/mol. The Morgan fingerprint density at radius 2 is 2.16 bits per heavy atom. The summed E-state index contributed by atoms with van der Waals surface area (Å²) in [5.41, 5.74) is 0.444. The van der Waals surface area contributed by atoms with Gasteiger partial charge in [0, 0.05) is 6.42 Å². The molecule has 4 nitrogen and oxygen atoms in total. The topological polar surface area (TPSA) is 47.6 Å². The molecule has 0 aliphatic heterocycles. The molecule has 0 heterocycles. The highest BCUT2D eigenvalue weighted by molar-refractivity contribution is 5.80. The highest BCUT2D eigenvalue weighted by atomic mass is 16.5. The normalized spacial score (nSPS) is 13.7. The Hall–Kier alpha value is -1.55. The van der Waals surface area contributed by atoms with Crippen molar-refractivity contribution in [3.63, 3.8) is 0 Å². The lowest BCUT2D eigenvalue weighted by Crippen LogP contribution is -2.49. The van der Waals surface area contributed by atoms with Crippen LogP contribution in [0.4, 0.5) is 0 Å². The average Bonchev–Trinajstić information content (AvgIpc) is 2.39. The molecule has 0 saturated heterocycles. The number of aryl methyl sites for hydroxylation is 1. The molecule has 1 unspecified atom stereocenters. The van der Waals surface area contributed by atoms with E-state index in [-0.39, 0.29) is 5.97 Å². The molecule has 0 radical (unpaired) electrons. The fourth-order valence-corrected chi connectivity index (χ4v) is 1.70. The second-order valence-corrected chi connectivity index (χ2v) is 4.72. The van der Waals surface area contributed by atoms with Crippen LogP contribution in [-0.2, 0) is 9.53 Å². The fraction of sp³-hybridized carbons (Fsp3) is 0.533. The van der Waals surface area contributed by atoms with E-state index < -0.39 is 5.54 Å². The Morgan fingerprint density at radius 3 is 2.74 bits per heavy atom. The molecule has 0 fully saturated rings. The van der Waals surface area contributed by atoms with Crippen molar-refractivity contribution in [1.29, 1.82) is 0 Å². The van der Waals surface area contributed by atoms with E-state index in [0.717, 1.165) is 11.3 Å². The Morgan fingerprint density at radius 1 is 1.42 bits per heavy atom. The SMILES string of the molecule is CCOC(=O)C(C)(CCOc1cccc(C)c1)NC. The van der Waals surface area contributed by atoms with Crippen LogP contribution in [-0.4, -0.2) is 31.8 Å². The molecular weight excluding hydrogens is 242 g/mol. The quantitative estimate of drug-likeness (QED) is 0.769. The number of carbonyl (C=O) groups is 1. The molecule has 0 amide bonds. The van der Waals surface area contributed by atoms with E-state index in [0.29, 0.717) is 19.6 Å². The summed E-state index contributed by atoms with van der Waals surface area (Å²) in [5, 5.41) is 3.01. The van der Waals surface area contributed by atoms with Gasteiger partial charge >= 0.3 is 5.97 Å². The zero-order chi connectivity index (χ0) is 14.3. The lowest BCUT2D eigenvalue weighted by Gasteiger charge is -2.26. The lowest BCUT2D eigenvalue weighted by molar-refractivity contribution is -0.150. The minimum atomic E-state index is -0.708. The summed E-state index contributed by atoms with van der Waals surface area (Å²) in [6.45, 7) is 6.49. The Bertz CT molecular complexity index is 420. The van der Waals surface area contributed by atoms with Gasteiger partial charge in [-0.15, -0.1) is 0 Å². The van der Waals surface area contributed by atoms with Crippen LogP contribution in [0, 0.1) is 6.92 Å². The average molecular weight is 265 g/mol. The number of esters is 1. The molecule has 0 aromatic heterocycles. The number of benzene rings is 1. The summed E-state index contributed by atoms with van der Waals surface area (Å²) >= 11 is 0. The summed E-state index contributed by atoms with van der Waals surface area (Å²) in [5.74, 6) is 0.577. The number of hydrogen-bond acceptors (Lipinski definition) is 4.